The summed E-state index contributed by atoms with van der Waals surface area (Å²) in [6.45, 7) is 2.12. The first-order valence-corrected chi connectivity index (χ1v) is 6.60. The highest BCUT2D eigenvalue weighted by Gasteiger charge is 2.10. The van der Waals surface area contributed by atoms with E-state index in [1.165, 1.54) is 18.4 Å². The van der Waals surface area contributed by atoms with Gasteiger partial charge in [-0.2, -0.15) is 0 Å². The van der Waals surface area contributed by atoms with E-state index < -0.39 is 0 Å². The third kappa shape index (κ3) is 4.28. The number of carbonyl (C=O) groups excluding carboxylic acids is 1. The van der Waals surface area contributed by atoms with Crippen LogP contribution in [0.1, 0.15) is 21.7 Å². The molecule has 1 aromatic heterocycles. The summed E-state index contributed by atoms with van der Waals surface area (Å²) < 4.78 is 17.8. The number of thiocarbonyl (C=S) groups is 1. The predicted molar refractivity (Wildman–Crippen MR) is 79.9 cm³/mol. The van der Waals surface area contributed by atoms with E-state index in [9.17, 15) is 9.18 Å². The molecule has 0 unspecified atom stereocenters. The van der Waals surface area contributed by atoms with Crippen LogP contribution < -0.4 is 16.2 Å². The average molecular weight is 307 g/mol. The SMILES string of the molecule is Cc1occc1C(=O)NNC(=S)NCc1ccc(F)cc1. The van der Waals surface area contributed by atoms with Gasteiger partial charge < -0.3 is 9.73 Å². The van der Waals surface area contributed by atoms with Crippen LogP contribution in [0.2, 0.25) is 0 Å². The number of amides is 1. The van der Waals surface area contributed by atoms with Crippen LogP contribution in [0.4, 0.5) is 4.39 Å². The molecule has 0 saturated heterocycles. The smallest absolute Gasteiger partial charge is 0.273 e. The highest BCUT2D eigenvalue weighted by atomic mass is 32.1. The number of nitrogens with one attached hydrogen (secondary N) is 3. The number of hydrogen-bond acceptors (Lipinski definition) is 3. The van der Waals surface area contributed by atoms with Crippen LogP contribution in [0.3, 0.4) is 0 Å². The summed E-state index contributed by atoms with van der Waals surface area (Å²) in [4.78, 5) is 11.8. The molecule has 3 N–H and O–H groups in total. The Morgan fingerprint density at radius 3 is 2.57 bits per heavy atom. The van der Waals surface area contributed by atoms with Crippen molar-refractivity contribution in [1.82, 2.24) is 16.2 Å². The van der Waals surface area contributed by atoms with Crippen LogP contribution in [0.25, 0.3) is 0 Å². The molecule has 1 amide bonds. The van der Waals surface area contributed by atoms with Crippen LogP contribution in [-0.4, -0.2) is 11.0 Å². The molecule has 0 aliphatic heterocycles. The van der Waals surface area contributed by atoms with Gasteiger partial charge in [0.15, 0.2) is 5.11 Å². The predicted octanol–water partition coefficient (Wildman–Crippen LogP) is 2.04. The molecule has 0 spiro atoms. The van der Waals surface area contributed by atoms with E-state index in [0.717, 1.165) is 5.56 Å². The minimum atomic E-state index is -0.341. The van der Waals surface area contributed by atoms with Gasteiger partial charge in [0.1, 0.15) is 11.6 Å². The Balaban J connectivity index is 1.76. The second kappa shape index (κ2) is 6.85. The zero-order chi connectivity index (χ0) is 15.2. The molecular formula is C14H14FN3O2S. The number of carbonyl (C=O) groups is 1. The van der Waals surface area contributed by atoms with Crippen LogP contribution in [0, 0.1) is 12.7 Å². The summed E-state index contributed by atoms with van der Waals surface area (Å²) in [5.74, 6) is -0.103. The van der Waals surface area contributed by atoms with E-state index in [2.05, 4.69) is 16.2 Å². The lowest BCUT2D eigenvalue weighted by Gasteiger charge is -2.11. The van der Waals surface area contributed by atoms with Crippen LogP contribution >= 0.6 is 12.2 Å². The first kappa shape index (κ1) is 15.0. The number of benzene rings is 1. The molecule has 0 saturated carbocycles. The standard InChI is InChI=1S/C14H14FN3O2S/c1-9-12(6-7-20-9)13(19)17-18-14(21)16-8-10-2-4-11(15)5-3-10/h2-7H,8H2,1H3,(H,17,19)(H2,16,18,21). The normalized spacial score (nSPS) is 10.0. The van der Waals surface area contributed by atoms with Gasteiger partial charge in [-0.3, -0.25) is 15.6 Å². The molecule has 21 heavy (non-hydrogen) atoms. The number of furan rings is 1. The maximum absolute atomic E-state index is 12.7. The fourth-order valence-corrected chi connectivity index (χ4v) is 1.75. The van der Waals surface area contributed by atoms with Crippen LogP contribution in [0.15, 0.2) is 41.0 Å². The highest BCUT2D eigenvalue weighted by Crippen LogP contribution is 2.07. The monoisotopic (exact) mass is 307 g/mol. The van der Waals surface area contributed by atoms with Gasteiger partial charge in [-0.05, 0) is 42.9 Å². The molecular weight excluding hydrogens is 293 g/mol. The van der Waals surface area contributed by atoms with Gasteiger partial charge in [0, 0.05) is 6.54 Å². The number of aryl methyl sites for hydroxylation is 1. The average Bonchev–Trinajstić information content (AvgIpc) is 2.90. The molecule has 1 heterocycles. The Kier molecular flexibility index (Phi) is 4.89. The van der Waals surface area contributed by atoms with E-state index in [1.54, 1.807) is 25.1 Å². The largest absolute Gasteiger partial charge is 0.469 e. The second-order valence-corrected chi connectivity index (χ2v) is 4.69. The second-order valence-electron chi connectivity index (χ2n) is 4.28. The fourth-order valence-electron chi connectivity index (χ4n) is 1.63. The van der Waals surface area contributed by atoms with E-state index in [4.69, 9.17) is 16.6 Å². The zero-order valence-electron chi connectivity index (χ0n) is 11.3. The van der Waals surface area contributed by atoms with E-state index in [1.807, 2.05) is 0 Å². The van der Waals surface area contributed by atoms with Crippen LogP contribution in [-0.2, 0) is 6.54 Å². The van der Waals surface area contributed by atoms with Crippen molar-refractivity contribution in [2.24, 2.45) is 0 Å². The van der Waals surface area contributed by atoms with Crippen molar-refractivity contribution in [1.29, 1.82) is 0 Å². The lowest BCUT2D eigenvalue weighted by atomic mass is 10.2. The van der Waals surface area contributed by atoms with Gasteiger partial charge in [0.05, 0.1) is 11.8 Å². The van der Waals surface area contributed by atoms with Gasteiger partial charge in [-0.1, -0.05) is 12.1 Å². The van der Waals surface area contributed by atoms with Crippen molar-refractivity contribution in [2.45, 2.75) is 13.5 Å². The van der Waals surface area contributed by atoms with Crippen molar-refractivity contribution in [3.05, 3.63) is 59.3 Å². The van der Waals surface area contributed by atoms with Crippen molar-refractivity contribution in [2.75, 3.05) is 0 Å². The molecule has 1 aromatic carbocycles. The third-order valence-electron chi connectivity index (χ3n) is 2.76. The van der Waals surface area contributed by atoms with Crippen molar-refractivity contribution >= 4 is 23.2 Å². The van der Waals surface area contributed by atoms with Crippen molar-refractivity contribution < 1.29 is 13.6 Å². The summed E-state index contributed by atoms with van der Waals surface area (Å²) >= 11 is 5.03. The van der Waals surface area contributed by atoms with Gasteiger partial charge in [0.25, 0.3) is 5.91 Å². The van der Waals surface area contributed by atoms with Gasteiger partial charge in [0.2, 0.25) is 0 Å². The Hall–Kier alpha value is -2.41. The Labute approximate surface area is 126 Å². The summed E-state index contributed by atoms with van der Waals surface area (Å²) in [6, 6.07) is 7.62. The van der Waals surface area contributed by atoms with Crippen LogP contribution in [0.5, 0.6) is 0 Å². The zero-order valence-corrected chi connectivity index (χ0v) is 12.1. The molecule has 0 aliphatic rings. The fraction of sp³-hybridized carbons (Fsp3) is 0.143. The summed E-state index contributed by atoms with van der Waals surface area (Å²) in [5.41, 5.74) is 6.35. The van der Waals surface area contributed by atoms with E-state index in [-0.39, 0.29) is 16.8 Å². The molecule has 7 heteroatoms. The molecule has 2 aromatic rings. The lowest BCUT2D eigenvalue weighted by Crippen LogP contribution is -2.46. The Morgan fingerprint density at radius 2 is 1.95 bits per heavy atom. The number of hydrogen-bond donors (Lipinski definition) is 3. The first-order chi connectivity index (χ1) is 10.1. The minimum Gasteiger partial charge on any atom is -0.469 e. The number of rotatable bonds is 3. The van der Waals surface area contributed by atoms with Crippen molar-refractivity contribution in [3.63, 3.8) is 0 Å². The Bertz CT molecular complexity index is 640. The third-order valence-corrected chi connectivity index (χ3v) is 3.01. The molecule has 110 valence electrons. The topological polar surface area (TPSA) is 66.3 Å². The minimum absolute atomic E-state index is 0.258. The summed E-state index contributed by atoms with van der Waals surface area (Å²) in [5, 5.41) is 3.15. The number of hydrazine groups is 1. The van der Waals surface area contributed by atoms with Gasteiger partial charge in [-0.15, -0.1) is 0 Å². The molecule has 0 atom stereocenters. The molecule has 0 bridgehead atoms. The molecule has 0 fully saturated rings. The molecule has 0 aliphatic carbocycles. The number of halogens is 1. The maximum atomic E-state index is 12.7. The van der Waals surface area contributed by atoms with E-state index in [0.29, 0.717) is 17.9 Å². The molecule has 2 rings (SSSR count). The maximum Gasteiger partial charge on any atom is 0.273 e. The van der Waals surface area contributed by atoms with Crippen molar-refractivity contribution in [3.8, 4) is 0 Å². The summed E-state index contributed by atoms with van der Waals surface area (Å²) in [6.07, 6.45) is 1.44. The Morgan fingerprint density at radius 1 is 1.24 bits per heavy atom. The first-order valence-electron chi connectivity index (χ1n) is 6.19. The van der Waals surface area contributed by atoms with E-state index >= 15 is 0 Å². The lowest BCUT2D eigenvalue weighted by molar-refractivity contribution is 0.0942. The summed E-state index contributed by atoms with van der Waals surface area (Å²) in [7, 11) is 0. The van der Waals surface area contributed by atoms with Gasteiger partial charge in [-0.25, -0.2) is 4.39 Å². The molecule has 0 radical (unpaired) electrons. The molecule has 5 nitrogen and oxygen atoms in total. The highest BCUT2D eigenvalue weighted by molar-refractivity contribution is 7.80. The quantitative estimate of drug-likeness (QED) is 0.598. The van der Waals surface area contributed by atoms with Gasteiger partial charge >= 0.3 is 0 Å².